The van der Waals surface area contributed by atoms with Crippen molar-refractivity contribution in [2.24, 2.45) is 5.73 Å². The zero-order chi connectivity index (χ0) is 15.6. The summed E-state index contributed by atoms with van der Waals surface area (Å²) in [5, 5.41) is 0. The van der Waals surface area contributed by atoms with E-state index in [4.69, 9.17) is 5.73 Å². The maximum atomic E-state index is 13.1. The number of rotatable bonds is 3. The normalized spacial score (nSPS) is 12.5. The summed E-state index contributed by atoms with van der Waals surface area (Å²) >= 11 is 0. The Balaban J connectivity index is 0.00000242. The maximum absolute atomic E-state index is 13.1. The van der Waals surface area contributed by atoms with Crippen LogP contribution in [0.5, 0.6) is 5.75 Å². The molecule has 0 unspecified atom stereocenters. The Morgan fingerprint density at radius 2 is 1.64 bits per heavy atom. The highest BCUT2D eigenvalue weighted by Crippen LogP contribution is 2.27. The van der Waals surface area contributed by atoms with Gasteiger partial charge in [-0.05, 0) is 47.9 Å². The lowest BCUT2D eigenvalue weighted by molar-refractivity contribution is -0.274. The van der Waals surface area contributed by atoms with Crippen molar-refractivity contribution in [1.29, 1.82) is 0 Å². The highest BCUT2D eigenvalue weighted by atomic mass is 35.5. The molecule has 0 amide bonds. The number of aryl methyl sites for hydroxylation is 1. The van der Waals surface area contributed by atoms with Crippen molar-refractivity contribution in [3.63, 3.8) is 0 Å². The molecule has 0 aliphatic heterocycles. The van der Waals surface area contributed by atoms with Gasteiger partial charge in [0.1, 0.15) is 11.6 Å². The molecule has 0 fully saturated rings. The van der Waals surface area contributed by atoms with Gasteiger partial charge in [0, 0.05) is 0 Å². The monoisotopic (exact) mass is 335 g/mol. The molecule has 2 aromatic rings. The van der Waals surface area contributed by atoms with Gasteiger partial charge in [0.05, 0.1) is 6.04 Å². The molecule has 0 aliphatic carbocycles. The third kappa shape index (κ3) is 4.61. The number of hydrogen-bond donors (Lipinski definition) is 1. The molecular formula is C15H14ClF4NO. The summed E-state index contributed by atoms with van der Waals surface area (Å²) in [5.74, 6) is -0.674. The lowest BCUT2D eigenvalue weighted by Gasteiger charge is -2.16. The van der Waals surface area contributed by atoms with Crippen LogP contribution in [0.25, 0.3) is 0 Å². The minimum absolute atomic E-state index is 0. The number of nitrogens with two attached hydrogens (primary N) is 1. The summed E-state index contributed by atoms with van der Waals surface area (Å²) in [6.07, 6.45) is -4.73. The van der Waals surface area contributed by atoms with Gasteiger partial charge in [-0.2, -0.15) is 0 Å². The first-order valence-electron chi connectivity index (χ1n) is 6.13. The minimum Gasteiger partial charge on any atom is -0.406 e. The van der Waals surface area contributed by atoms with Crippen LogP contribution in [0.15, 0.2) is 42.5 Å². The first kappa shape index (κ1) is 18.3. The Morgan fingerprint density at radius 1 is 1.05 bits per heavy atom. The fourth-order valence-electron chi connectivity index (χ4n) is 2.04. The topological polar surface area (TPSA) is 35.2 Å². The smallest absolute Gasteiger partial charge is 0.406 e. The predicted molar refractivity (Wildman–Crippen MR) is 77.5 cm³/mol. The molecule has 0 saturated carbocycles. The van der Waals surface area contributed by atoms with Crippen LogP contribution in [0.1, 0.15) is 22.7 Å². The highest BCUT2D eigenvalue weighted by Gasteiger charge is 2.31. The molecule has 7 heteroatoms. The second-order valence-corrected chi connectivity index (χ2v) is 4.60. The van der Waals surface area contributed by atoms with Crippen molar-refractivity contribution >= 4 is 12.4 Å². The van der Waals surface area contributed by atoms with Crippen molar-refractivity contribution in [3.8, 4) is 5.75 Å². The Kier molecular flexibility index (Phi) is 5.79. The lowest BCUT2D eigenvalue weighted by atomic mass is 9.96. The van der Waals surface area contributed by atoms with Crippen molar-refractivity contribution in [2.45, 2.75) is 19.3 Å². The van der Waals surface area contributed by atoms with E-state index in [-0.39, 0.29) is 24.0 Å². The molecular weight excluding hydrogens is 322 g/mol. The van der Waals surface area contributed by atoms with Gasteiger partial charge in [0.25, 0.3) is 0 Å². The highest BCUT2D eigenvalue weighted by molar-refractivity contribution is 5.85. The molecule has 0 spiro atoms. The second kappa shape index (κ2) is 6.98. The van der Waals surface area contributed by atoms with Crippen LogP contribution in [-0.4, -0.2) is 6.36 Å². The molecule has 0 heterocycles. The summed E-state index contributed by atoms with van der Waals surface area (Å²) in [7, 11) is 0. The lowest BCUT2D eigenvalue weighted by Crippen LogP contribution is -2.17. The SMILES string of the molecule is Cc1cc(F)ccc1[C@H](N)c1ccc(OC(F)(F)F)cc1.Cl. The van der Waals surface area contributed by atoms with Gasteiger partial charge in [0.15, 0.2) is 0 Å². The fraction of sp³-hybridized carbons (Fsp3) is 0.200. The van der Waals surface area contributed by atoms with Crippen molar-refractivity contribution in [3.05, 3.63) is 65.0 Å². The van der Waals surface area contributed by atoms with Crippen LogP contribution in [0.4, 0.5) is 17.6 Å². The number of alkyl halides is 3. The first-order valence-corrected chi connectivity index (χ1v) is 6.13. The molecule has 22 heavy (non-hydrogen) atoms. The number of halogens is 5. The maximum Gasteiger partial charge on any atom is 0.573 e. The number of ether oxygens (including phenoxy) is 1. The van der Waals surface area contributed by atoms with Gasteiger partial charge < -0.3 is 10.5 Å². The van der Waals surface area contributed by atoms with E-state index in [2.05, 4.69) is 4.74 Å². The van der Waals surface area contributed by atoms with Gasteiger partial charge in [-0.3, -0.25) is 0 Å². The summed E-state index contributed by atoms with van der Waals surface area (Å²) < 4.78 is 53.1. The molecule has 2 aromatic carbocycles. The van der Waals surface area contributed by atoms with Crippen molar-refractivity contribution < 1.29 is 22.3 Å². The number of hydrogen-bond acceptors (Lipinski definition) is 2. The van der Waals surface area contributed by atoms with E-state index in [1.807, 2.05) is 0 Å². The van der Waals surface area contributed by atoms with E-state index in [1.165, 1.54) is 36.4 Å². The molecule has 0 radical (unpaired) electrons. The Morgan fingerprint density at radius 3 is 2.14 bits per heavy atom. The van der Waals surface area contributed by atoms with E-state index in [9.17, 15) is 17.6 Å². The van der Waals surface area contributed by atoms with Crippen LogP contribution in [0, 0.1) is 12.7 Å². The van der Waals surface area contributed by atoms with Gasteiger partial charge in [-0.1, -0.05) is 18.2 Å². The predicted octanol–water partition coefficient (Wildman–Crippen LogP) is 4.50. The summed E-state index contributed by atoms with van der Waals surface area (Å²) in [6.45, 7) is 1.72. The molecule has 0 aliphatic rings. The van der Waals surface area contributed by atoms with Gasteiger partial charge in [-0.25, -0.2) is 4.39 Å². The van der Waals surface area contributed by atoms with Gasteiger partial charge >= 0.3 is 6.36 Å². The van der Waals surface area contributed by atoms with E-state index < -0.39 is 12.4 Å². The third-order valence-corrected chi connectivity index (χ3v) is 3.04. The van der Waals surface area contributed by atoms with E-state index in [1.54, 1.807) is 13.0 Å². The van der Waals surface area contributed by atoms with Crippen LogP contribution in [-0.2, 0) is 0 Å². The molecule has 2 N–H and O–H groups in total. The van der Waals surface area contributed by atoms with E-state index >= 15 is 0 Å². The number of benzene rings is 2. The van der Waals surface area contributed by atoms with E-state index in [0.29, 0.717) is 16.7 Å². The van der Waals surface area contributed by atoms with Crippen molar-refractivity contribution in [2.75, 3.05) is 0 Å². The molecule has 1 atom stereocenters. The first-order chi connectivity index (χ1) is 9.76. The molecule has 0 saturated heterocycles. The average Bonchev–Trinajstić information content (AvgIpc) is 2.37. The third-order valence-electron chi connectivity index (χ3n) is 3.04. The quantitative estimate of drug-likeness (QED) is 0.838. The van der Waals surface area contributed by atoms with Crippen LogP contribution >= 0.6 is 12.4 Å². The Hall–Kier alpha value is -1.79. The standard InChI is InChI=1S/C15H13F4NO.ClH/c1-9-8-11(16)4-7-13(9)14(20)10-2-5-12(6-3-10)21-15(17,18)19;/h2-8,14H,20H2,1H3;1H/t14-;/m1./s1. The zero-order valence-electron chi connectivity index (χ0n) is 11.5. The minimum atomic E-state index is -4.73. The fourth-order valence-corrected chi connectivity index (χ4v) is 2.04. The summed E-state index contributed by atoms with van der Waals surface area (Å²) in [6, 6.07) is 8.96. The van der Waals surface area contributed by atoms with Crippen LogP contribution in [0.3, 0.4) is 0 Å². The summed E-state index contributed by atoms with van der Waals surface area (Å²) in [5.41, 5.74) is 8.06. The molecule has 2 rings (SSSR count). The van der Waals surface area contributed by atoms with Crippen LogP contribution < -0.4 is 10.5 Å². The van der Waals surface area contributed by atoms with Crippen molar-refractivity contribution in [1.82, 2.24) is 0 Å². The Labute approximate surface area is 131 Å². The van der Waals surface area contributed by atoms with Gasteiger partial charge in [0.2, 0.25) is 0 Å². The Bertz CT molecular complexity index is 628. The average molecular weight is 336 g/mol. The largest absolute Gasteiger partial charge is 0.573 e. The summed E-state index contributed by atoms with van der Waals surface area (Å²) in [4.78, 5) is 0. The van der Waals surface area contributed by atoms with Gasteiger partial charge in [-0.15, -0.1) is 25.6 Å². The van der Waals surface area contributed by atoms with Crippen LogP contribution in [0.2, 0.25) is 0 Å². The molecule has 0 aromatic heterocycles. The van der Waals surface area contributed by atoms with E-state index in [0.717, 1.165) is 0 Å². The molecule has 2 nitrogen and oxygen atoms in total. The second-order valence-electron chi connectivity index (χ2n) is 4.60. The zero-order valence-corrected chi connectivity index (χ0v) is 12.3. The molecule has 0 bridgehead atoms. The molecule has 120 valence electrons.